The fourth-order valence-electron chi connectivity index (χ4n) is 1.90. The smallest absolute Gasteiger partial charge is 0.242 e. The van der Waals surface area contributed by atoms with Gasteiger partial charge in [-0.2, -0.15) is 0 Å². The monoisotopic (exact) mass is 298 g/mol. The molecule has 0 aliphatic carbocycles. The Hall–Kier alpha value is -1.19. The van der Waals surface area contributed by atoms with Gasteiger partial charge in [-0.1, -0.05) is 23.2 Å². The van der Waals surface area contributed by atoms with Crippen molar-refractivity contribution in [1.29, 1.82) is 0 Å². The highest BCUT2D eigenvalue weighted by Crippen LogP contribution is 2.28. The van der Waals surface area contributed by atoms with E-state index in [1.54, 1.807) is 18.0 Å². The van der Waals surface area contributed by atoms with Gasteiger partial charge in [-0.15, -0.1) is 0 Å². The van der Waals surface area contributed by atoms with Crippen molar-refractivity contribution in [2.75, 3.05) is 7.05 Å². The number of nitrogens with zero attached hydrogens (tertiary/aromatic N) is 2. The van der Waals surface area contributed by atoms with Crippen molar-refractivity contribution in [2.45, 2.75) is 26.4 Å². The molecule has 0 unspecified atom stereocenters. The molecule has 0 aliphatic rings. The van der Waals surface area contributed by atoms with Gasteiger partial charge in [-0.25, -0.2) is 0 Å². The molecular formula is C14H16Cl2N2O. The van der Waals surface area contributed by atoms with E-state index in [0.717, 1.165) is 10.9 Å². The van der Waals surface area contributed by atoms with Crippen LogP contribution in [0.1, 0.15) is 13.8 Å². The van der Waals surface area contributed by atoms with Crippen molar-refractivity contribution in [3.63, 3.8) is 0 Å². The number of halogens is 2. The van der Waals surface area contributed by atoms with Crippen molar-refractivity contribution in [3.05, 3.63) is 34.4 Å². The number of amides is 1. The van der Waals surface area contributed by atoms with E-state index in [0.29, 0.717) is 10.0 Å². The topological polar surface area (TPSA) is 25.2 Å². The summed E-state index contributed by atoms with van der Waals surface area (Å²) in [5.74, 6) is 0.0589. The van der Waals surface area contributed by atoms with Crippen molar-refractivity contribution in [1.82, 2.24) is 9.47 Å². The Balaban J connectivity index is 2.34. The van der Waals surface area contributed by atoms with E-state index >= 15 is 0 Å². The molecule has 0 saturated carbocycles. The van der Waals surface area contributed by atoms with Gasteiger partial charge in [0, 0.05) is 29.7 Å². The number of carbonyl (C=O) groups excluding carboxylic acids is 1. The molecule has 0 fully saturated rings. The van der Waals surface area contributed by atoms with Crippen molar-refractivity contribution in [3.8, 4) is 0 Å². The molecule has 1 heterocycles. The van der Waals surface area contributed by atoms with E-state index in [2.05, 4.69) is 0 Å². The molecule has 2 rings (SSSR count). The summed E-state index contributed by atoms with van der Waals surface area (Å²) in [4.78, 5) is 13.8. The van der Waals surface area contributed by atoms with Crippen molar-refractivity contribution >= 4 is 40.0 Å². The Morgan fingerprint density at radius 1 is 1.37 bits per heavy atom. The lowest BCUT2D eigenvalue weighted by atomic mass is 10.2. The first-order valence-corrected chi connectivity index (χ1v) is 6.85. The van der Waals surface area contributed by atoms with Crippen molar-refractivity contribution in [2.24, 2.45) is 0 Å². The van der Waals surface area contributed by atoms with Gasteiger partial charge in [0.15, 0.2) is 0 Å². The molecule has 1 aromatic carbocycles. The zero-order valence-electron chi connectivity index (χ0n) is 11.2. The lowest BCUT2D eigenvalue weighted by Crippen LogP contribution is -2.35. The summed E-state index contributed by atoms with van der Waals surface area (Å²) in [5, 5.41) is 2.08. The third kappa shape index (κ3) is 2.88. The Labute approximate surface area is 122 Å². The lowest BCUT2D eigenvalue weighted by molar-refractivity contribution is -0.131. The van der Waals surface area contributed by atoms with Crippen LogP contribution in [0.4, 0.5) is 0 Å². The molecule has 5 heteroatoms. The minimum atomic E-state index is 0.0589. The van der Waals surface area contributed by atoms with Crippen LogP contribution in [-0.4, -0.2) is 28.5 Å². The third-order valence-electron chi connectivity index (χ3n) is 3.28. The summed E-state index contributed by atoms with van der Waals surface area (Å²) in [6.45, 7) is 4.26. The predicted molar refractivity (Wildman–Crippen MR) is 79.9 cm³/mol. The highest BCUT2D eigenvalue weighted by Gasteiger charge is 2.14. The molecule has 0 saturated heterocycles. The van der Waals surface area contributed by atoms with Crippen LogP contribution in [0.2, 0.25) is 10.0 Å². The number of hydrogen-bond acceptors (Lipinski definition) is 1. The quantitative estimate of drug-likeness (QED) is 0.846. The van der Waals surface area contributed by atoms with Crippen LogP contribution < -0.4 is 0 Å². The van der Waals surface area contributed by atoms with Gasteiger partial charge in [0.25, 0.3) is 0 Å². The highest BCUT2D eigenvalue weighted by atomic mass is 35.5. The minimum Gasteiger partial charge on any atom is -0.342 e. The molecule has 102 valence electrons. The van der Waals surface area contributed by atoms with E-state index in [9.17, 15) is 4.79 Å². The lowest BCUT2D eigenvalue weighted by Gasteiger charge is -2.21. The standard InChI is InChI=1S/C14H16Cl2N2O/c1-9(2)17(3)14(19)8-18-5-4-11-12(16)6-10(15)7-13(11)18/h4-7,9H,8H2,1-3H3. The summed E-state index contributed by atoms with van der Waals surface area (Å²) in [6, 6.07) is 5.61. The second kappa shape index (κ2) is 5.43. The van der Waals surface area contributed by atoms with Gasteiger partial charge < -0.3 is 9.47 Å². The SMILES string of the molecule is CC(C)N(C)C(=O)Cn1ccc2c(Cl)cc(Cl)cc21. The number of rotatable bonds is 3. The summed E-state index contributed by atoms with van der Waals surface area (Å²) in [6.07, 6.45) is 1.86. The number of likely N-dealkylation sites (N-methyl/N-ethyl adjacent to an activating group) is 1. The van der Waals surface area contributed by atoms with Crippen molar-refractivity contribution < 1.29 is 4.79 Å². The molecule has 2 aromatic rings. The molecule has 3 nitrogen and oxygen atoms in total. The summed E-state index contributed by atoms with van der Waals surface area (Å²) >= 11 is 12.1. The van der Waals surface area contributed by atoms with E-state index in [4.69, 9.17) is 23.2 Å². The number of carbonyl (C=O) groups is 1. The first-order valence-electron chi connectivity index (χ1n) is 6.09. The van der Waals surface area contributed by atoms with Crippen LogP contribution in [-0.2, 0) is 11.3 Å². The Kier molecular flexibility index (Phi) is 4.07. The zero-order chi connectivity index (χ0) is 14.2. The van der Waals surface area contributed by atoms with Crippen LogP contribution in [0, 0.1) is 0 Å². The maximum absolute atomic E-state index is 12.1. The highest BCUT2D eigenvalue weighted by molar-refractivity contribution is 6.38. The molecule has 0 atom stereocenters. The average Bonchev–Trinajstić information content (AvgIpc) is 2.71. The van der Waals surface area contributed by atoms with Gasteiger partial charge in [-0.3, -0.25) is 4.79 Å². The third-order valence-corrected chi connectivity index (χ3v) is 3.81. The predicted octanol–water partition coefficient (Wildman–Crippen LogP) is 3.81. The van der Waals surface area contributed by atoms with Gasteiger partial charge >= 0.3 is 0 Å². The largest absolute Gasteiger partial charge is 0.342 e. The van der Waals surface area contributed by atoms with Gasteiger partial charge in [0.05, 0.1) is 10.5 Å². The maximum Gasteiger partial charge on any atom is 0.242 e. The minimum absolute atomic E-state index is 0.0589. The summed E-state index contributed by atoms with van der Waals surface area (Å²) in [7, 11) is 1.80. The first kappa shape index (κ1) is 14.2. The number of hydrogen-bond donors (Lipinski definition) is 0. The molecule has 19 heavy (non-hydrogen) atoms. The fraction of sp³-hybridized carbons (Fsp3) is 0.357. The Morgan fingerprint density at radius 3 is 2.68 bits per heavy atom. The summed E-state index contributed by atoms with van der Waals surface area (Å²) in [5.41, 5.74) is 0.878. The van der Waals surface area contributed by atoms with Gasteiger partial charge in [-0.05, 0) is 32.0 Å². The molecule has 0 spiro atoms. The molecule has 1 amide bonds. The molecule has 0 bridgehead atoms. The molecule has 1 aromatic heterocycles. The first-order chi connectivity index (χ1) is 8.90. The number of benzene rings is 1. The van der Waals surface area contributed by atoms with Gasteiger partial charge in [0.2, 0.25) is 5.91 Å². The maximum atomic E-state index is 12.1. The molecular weight excluding hydrogens is 283 g/mol. The van der Waals surface area contributed by atoms with Crippen LogP contribution >= 0.6 is 23.2 Å². The van der Waals surface area contributed by atoms with E-state index in [1.165, 1.54) is 0 Å². The Bertz CT molecular complexity index is 619. The van der Waals surface area contributed by atoms with E-state index in [-0.39, 0.29) is 18.5 Å². The van der Waals surface area contributed by atoms with E-state index < -0.39 is 0 Å². The van der Waals surface area contributed by atoms with Gasteiger partial charge in [0.1, 0.15) is 6.54 Å². The summed E-state index contributed by atoms with van der Waals surface area (Å²) < 4.78 is 1.87. The molecule has 0 aliphatic heterocycles. The number of aromatic nitrogens is 1. The normalized spacial score (nSPS) is 11.3. The second-order valence-electron chi connectivity index (χ2n) is 4.86. The van der Waals surface area contributed by atoms with Crippen LogP contribution in [0.3, 0.4) is 0 Å². The second-order valence-corrected chi connectivity index (χ2v) is 5.71. The Morgan fingerprint density at radius 2 is 2.05 bits per heavy atom. The average molecular weight is 299 g/mol. The van der Waals surface area contributed by atoms with Crippen LogP contribution in [0.5, 0.6) is 0 Å². The number of fused-ring (bicyclic) bond motifs is 1. The molecule has 0 radical (unpaired) electrons. The van der Waals surface area contributed by atoms with E-state index in [1.807, 2.05) is 36.7 Å². The molecule has 0 N–H and O–H groups in total. The zero-order valence-corrected chi connectivity index (χ0v) is 12.7. The van der Waals surface area contributed by atoms with Crippen LogP contribution in [0.15, 0.2) is 24.4 Å². The fourth-order valence-corrected chi connectivity index (χ4v) is 2.45. The van der Waals surface area contributed by atoms with Crippen LogP contribution in [0.25, 0.3) is 10.9 Å².